The molecule has 2 nitrogen and oxygen atoms in total. The second-order valence-electron chi connectivity index (χ2n) is 5.89. The summed E-state index contributed by atoms with van der Waals surface area (Å²) in [4.78, 5) is 4.86. The lowest BCUT2D eigenvalue weighted by molar-refractivity contribution is 0.425. The van der Waals surface area contributed by atoms with E-state index in [1.807, 2.05) is 0 Å². The Labute approximate surface area is 106 Å². The van der Waals surface area contributed by atoms with E-state index < -0.39 is 0 Å². The lowest BCUT2D eigenvalue weighted by Gasteiger charge is -2.23. The standard InChI is InChI=1S/C15H28N2/c16-15(13-9-5-4-6-10-13)17-14-11-7-2-1-3-8-12-14/h13-14H,1-12H2,(H2,16,17). The van der Waals surface area contributed by atoms with Crippen molar-refractivity contribution in [2.75, 3.05) is 0 Å². The van der Waals surface area contributed by atoms with Gasteiger partial charge in [-0.1, -0.05) is 51.4 Å². The van der Waals surface area contributed by atoms with Crippen molar-refractivity contribution in [3.8, 4) is 0 Å². The predicted molar refractivity (Wildman–Crippen MR) is 74.3 cm³/mol. The van der Waals surface area contributed by atoms with Crippen LogP contribution in [0.15, 0.2) is 4.99 Å². The van der Waals surface area contributed by atoms with Gasteiger partial charge in [-0.05, 0) is 25.7 Å². The summed E-state index contributed by atoms with van der Waals surface area (Å²) in [6, 6.07) is 0.539. The largest absolute Gasteiger partial charge is 0.387 e. The molecular formula is C15H28N2. The lowest BCUT2D eigenvalue weighted by Crippen LogP contribution is -2.28. The molecule has 2 aliphatic rings. The molecule has 0 aromatic heterocycles. The summed E-state index contributed by atoms with van der Waals surface area (Å²) in [5.41, 5.74) is 6.22. The van der Waals surface area contributed by atoms with Crippen molar-refractivity contribution < 1.29 is 0 Å². The van der Waals surface area contributed by atoms with Crippen LogP contribution in [0.3, 0.4) is 0 Å². The van der Waals surface area contributed by atoms with E-state index >= 15 is 0 Å². The Balaban J connectivity index is 1.86. The van der Waals surface area contributed by atoms with E-state index in [-0.39, 0.29) is 0 Å². The number of aliphatic imine (C=N–C) groups is 1. The van der Waals surface area contributed by atoms with Crippen molar-refractivity contribution in [3.63, 3.8) is 0 Å². The molecule has 2 heteroatoms. The van der Waals surface area contributed by atoms with Crippen molar-refractivity contribution in [2.45, 2.75) is 83.1 Å². The smallest absolute Gasteiger partial charge is 0.0971 e. The van der Waals surface area contributed by atoms with Crippen LogP contribution in [0.25, 0.3) is 0 Å². The summed E-state index contributed by atoms with van der Waals surface area (Å²) in [5, 5.41) is 0. The average Bonchev–Trinajstić information content (AvgIpc) is 2.33. The zero-order valence-electron chi connectivity index (χ0n) is 11.2. The molecule has 0 radical (unpaired) electrons. The van der Waals surface area contributed by atoms with Crippen molar-refractivity contribution in [3.05, 3.63) is 0 Å². The first kappa shape index (κ1) is 12.9. The highest BCUT2D eigenvalue weighted by Gasteiger charge is 2.18. The molecule has 0 unspecified atom stereocenters. The normalized spacial score (nSPS) is 26.5. The quantitative estimate of drug-likeness (QED) is 0.570. The summed E-state index contributed by atoms with van der Waals surface area (Å²) in [6.45, 7) is 0. The third kappa shape index (κ3) is 4.33. The van der Waals surface area contributed by atoms with E-state index in [2.05, 4.69) is 0 Å². The summed E-state index contributed by atoms with van der Waals surface area (Å²) >= 11 is 0. The minimum Gasteiger partial charge on any atom is -0.387 e. The molecule has 0 heterocycles. The molecule has 98 valence electrons. The molecule has 0 atom stereocenters. The van der Waals surface area contributed by atoms with Crippen LogP contribution in [0, 0.1) is 5.92 Å². The molecule has 0 aromatic rings. The molecule has 0 bridgehead atoms. The number of hydrogen-bond acceptors (Lipinski definition) is 1. The van der Waals surface area contributed by atoms with Gasteiger partial charge in [0.05, 0.1) is 11.9 Å². The Morgan fingerprint density at radius 3 is 1.82 bits per heavy atom. The minimum atomic E-state index is 0.539. The Morgan fingerprint density at radius 2 is 1.18 bits per heavy atom. The third-order valence-electron chi connectivity index (χ3n) is 4.43. The highest BCUT2D eigenvalue weighted by Crippen LogP contribution is 2.25. The molecule has 2 N–H and O–H groups in total. The van der Waals surface area contributed by atoms with Gasteiger partial charge in [0.25, 0.3) is 0 Å². The van der Waals surface area contributed by atoms with Gasteiger partial charge in [0.15, 0.2) is 0 Å². The highest BCUT2D eigenvalue weighted by atomic mass is 14.9. The fraction of sp³-hybridized carbons (Fsp3) is 0.933. The van der Waals surface area contributed by atoms with Gasteiger partial charge < -0.3 is 5.73 Å². The van der Waals surface area contributed by atoms with E-state index in [1.54, 1.807) is 0 Å². The molecule has 17 heavy (non-hydrogen) atoms. The van der Waals surface area contributed by atoms with E-state index in [1.165, 1.54) is 77.0 Å². The molecule has 0 aliphatic heterocycles. The zero-order valence-corrected chi connectivity index (χ0v) is 11.2. The number of nitrogens with two attached hydrogens (primary N) is 1. The monoisotopic (exact) mass is 236 g/mol. The van der Waals surface area contributed by atoms with E-state index in [9.17, 15) is 0 Å². The molecule has 0 saturated heterocycles. The summed E-state index contributed by atoms with van der Waals surface area (Å²) in [5.74, 6) is 1.59. The number of rotatable bonds is 2. The Hall–Kier alpha value is -0.530. The number of hydrogen-bond donors (Lipinski definition) is 1. The SMILES string of the molecule is NC(=NC1CCCCCCC1)C1CCCCC1. The first-order chi connectivity index (χ1) is 8.36. The maximum atomic E-state index is 6.22. The average molecular weight is 236 g/mol. The van der Waals surface area contributed by atoms with Crippen LogP contribution in [0.4, 0.5) is 0 Å². The minimum absolute atomic E-state index is 0.539. The number of amidine groups is 1. The van der Waals surface area contributed by atoms with Crippen LogP contribution < -0.4 is 5.73 Å². The lowest BCUT2D eigenvalue weighted by atomic mass is 9.88. The van der Waals surface area contributed by atoms with Crippen LogP contribution in [0.5, 0.6) is 0 Å². The third-order valence-corrected chi connectivity index (χ3v) is 4.43. The Morgan fingerprint density at radius 1 is 0.706 bits per heavy atom. The van der Waals surface area contributed by atoms with Crippen molar-refractivity contribution in [1.29, 1.82) is 0 Å². The van der Waals surface area contributed by atoms with Gasteiger partial charge in [-0.2, -0.15) is 0 Å². The Kier molecular flexibility index (Phi) is 5.34. The molecule has 0 spiro atoms. The van der Waals surface area contributed by atoms with Crippen LogP contribution in [0.1, 0.15) is 77.0 Å². The van der Waals surface area contributed by atoms with Gasteiger partial charge in [-0.3, -0.25) is 4.99 Å². The van der Waals surface area contributed by atoms with Crippen LogP contribution >= 0.6 is 0 Å². The topological polar surface area (TPSA) is 38.4 Å². The molecule has 0 aromatic carbocycles. The highest BCUT2D eigenvalue weighted by molar-refractivity contribution is 5.83. The van der Waals surface area contributed by atoms with Gasteiger partial charge in [0.2, 0.25) is 0 Å². The van der Waals surface area contributed by atoms with Gasteiger partial charge >= 0.3 is 0 Å². The summed E-state index contributed by atoms with van der Waals surface area (Å²) < 4.78 is 0. The first-order valence-electron chi connectivity index (χ1n) is 7.69. The summed E-state index contributed by atoms with van der Waals surface area (Å²) in [7, 11) is 0. The summed E-state index contributed by atoms with van der Waals surface area (Å²) in [6.07, 6.45) is 16.1. The number of nitrogens with zero attached hydrogens (tertiary/aromatic N) is 1. The molecule has 2 rings (SSSR count). The van der Waals surface area contributed by atoms with Gasteiger partial charge in [0.1, 0.15) is 0 Å². The zero-order chi connectivity index (χ0) is 11.9. The van der Waals surface area contributed by atoms with Crippen molar-refractivity contribution in [1.82, 2.24) is 0 Å². The van der Waals surface area contributed by atoms with Crippen molar-refractivity contribution >= 4 is 5.84 Å². The van der Waals surface area contributed by atoms with Crippen LogP contribution in [0.2, 0.25) is 0 Å². The molecule has 2 aliphatic carbocycles. The molecule has 2 saturated carbocycles. The molecule has 2 fully saturated rings. The Bertz CT molecular complexity index is 233. The second-order valence-corrected chi connectivity index (χ2v) is 5.89. The van der Waals surface area contributed by atoms with E-state index in [0.29, 0.717) is 12.0 Å². The van der Waals surface area contributed by atoms with E-state index in [4.69, 9.17) is 10.7 Å². The second kappa shape index (κ2) is 7.03. The molecular weight excluding hydrogens is 208 g/mol. The van der Waals surface area contributed by atoms with Crippen molar-refractivity contribution in [2.24, 2.45) is 16.6 Å². The fourth-order valence-electron chi connectivity index (χ4n) is 3.28. The predicted octanol–water partition coefficient (Wildman–Crippen LogP) is 4.04. The first-order valence-corrected chi connectivity index (χ1v) is 7.69. The maximum Gasteiger partial charge on any atom is 0.0971 e. The van der Waals surface area contributed by atoms with Gasteiger partial charge in [-0.15, -0.1) is 0 Å². The maximum absolute atomic E-state index is 6.22. The van der Waals surface area contributed by atoms with Gasteiger partial charge in [0, 0.05) is 5.92 Å². The van der Waals surface area contributed by atoms with E-state index in [0.717, 1.165) is 5.84 Å². The molecule has 0 amide bonds. The van der Waals surface area contributed by atoms with Crippen LogP contribution in [-0.4, -0.2) is 11.9 Å². The van der Waals surface area contributed by atoms with Gasteiger partial charge in [-0.25, -0.2) is 0 Å². The van der Waals surface area contributed by atoms with Crippen LogP contribution in [-0.2, 0) is 0 Å². The fourth-order valence-corrected chi connectivity index (χ4v) is 3.28.